The van der Waals surface area contributed by atoms with Crippen molar-refractivity contribution in [3.8, 4) is 0 Å². The minimum Gasteiger partial charge on any atom is -0.396 e. The molecule has 0 heterocycles. The summed E-state index contributed by atoms with van der Waals surface area (Å²) in [6.07, 6.45) is 0. The minimum atomic E-state index is -0.0417. The van der Waals surface area contributed by atoms with Crippen LogP contribution in [0.1, 0.15) is 27.7 Å². The van der Waals surface area contributed by atoms with E-state index in [1.807, 2.05) is 27.7 Å². The van der Waals surface area contributed by atoms with Crippen LogP contribution < -0.4 is 10.6 Å². The highest BCUT2D eigenvalue weighted by Gasteiger charge is 2.11. The van der Waals surface area contributed by atoms with Gasteiger partial charge < -0.3 is 15.7 Å². The Labute approximate surface area is 86.1 Å². The van der Waals surface area contributed by atoms with Crippen LogP contribution in [0, 0.1) is 5.92 Å². The maximum absolute atomic E-state index is 11.3. The van der Waals surface area contributed by atoms with E-state index in [9.17, 15) is 4.79 Å². The largest absolute Gasteiger partial charge is 0.396 e. The highest BCUT2D eigenvalue weighted by atomic mass is 16.3. The van der Waals surface area contributed by atoms with Crippen molar-refractivity contribution in [2.24, 2.45) is 5.92 Å². The number of aliphatic hydroxyl groups is 1. The Morgan fingerprint density at radius 2 is 2.00 bits per heavy atom. The molecule has 0 aliphatic rings. The van der Waals surface area contributed by atoms with Gasteiger partial charge in [0.1, 0.15) is 0 Å². The second-order valence-electron chi connectivity index (χ2n) is 4.70. The van der Waals surface area contributed by atoms with Crippen LogP contribution in [0.25, 0.3) is 0 Å². The lowest BCUT2D eigenvalue weighted by atomic mass is 10.1. The Balaban J connectivity index is 3.57. The van der Waals surface area contributed by atoms with Gasteiger partial charge in [0, 0.05) is 18.7 Å². The number of carbonyl (C=O) groups excluding carboxylic acids is 1. The van der Waals surface area contributed by atoms with Crippen LogP contribution in [0.5, 0.6) is 0 Å². The molecule has 3 N–H and O–H groups in total. The van der Waals surface area contributed by atoms with Crippen LogP contribution in [0.2, 0.25) is 0 Å². The van der Waals surface area contributed by atoms with E-state index in [1.54, 1.807) is 0 Å². The zero-order valence-corrected chi connectivity index (χ0v) is 9.55. The Morgan fingerprint density at radius 3 is 2.43 bits per heavy atom. The number of carbonyl (C=O) groups is 1. The summed E-state index contributed by atoms with van der Waals surface area (Å²) >= 11 is 0. The Hall–Kier alpha value is -0.610. The van der Waals surface area contributed by atoms with Gasteiger partial charge in [0.25, 0.3) is 0 Å². The van der Waals surface area contributed by atoms with Crippen LogP contribution in [-0.4, -0.2) is 36.2 Å². The van der Waals surface area contributed by atoms with Gasteiger partial charge in [0.15, 0.2) is 0 Å². The number of rotatable bonds is 5. The van der Waals surface area contributed by atoms with Crippen molar-refractivity contribution in [3.05, 3.63) is 0 Å². The van der Waals surface area contributed by atoms with E-state index in [1.165, 1.54) is 0 Å². The summed E-state index contributed by atoms with van der Waals surface area (Å²) in [6, 6.07) is 0. The molecule has 0 saturated carbocycles. The molecule has 0 aromatic heterocycles. The van der Waals surface area contributed by atoms with Crippen molar-refractivity contribution >= 4 is 5.91 Å². The lowest BCUT2D eigenvalue weighted by Gasteiger charge is -2.20. The molecular weight excluding hydrogens is 180 g/mol. The molecule has 0 radical (unpaired) electrons. The smallest absolute Gasteiger partial charge is 0.233 e. The monoisotopic (exact) mass is 202 g/mol. The van der Waals surface area contributed by atoms with Crippen molar-refractivity contribution in [1.82, 2.24) is 10.6 Å². The average Bonchev–Trinajstić information content (AvgIpc) is 2.09. The normalized spacial score (nSPS) is 13.8. The fourth-order valence-corrected chi connectivity index (χ4v) is 0.761. The first-order valence-corrected chi connectivity index (χ1v) is 4.97. The molecule has 14 heavy (non-hydrogen) atoms. The van der Waals surface area contributed by atoms with Crippen LogP contribution in [0.15, 0.2) is 0 Å². The molecule has 0 rings (SSSR count). The predicted molar refractivity (Wildman–Crippen MR) is 57.0 cm³/mol. The van der Waals surface area contributed by atoms with E-state index in [0.717, 1.165) is 0 Å². The summed E-state index contributed by atoms with van der Waals surface area (Å²) in [5, 5.41) is 14.6. The lowest BCUT2D eigenvalue weighted by molar-refractivity contribution is -0.120. The van der Waals surface area contributed by atoms with Gasteiger partial charge >= 0.3 is 0 Å². The third-order valence-corrected chi connectivity index (χ3v) is 1.74. The molecule has 0 bridgehead atoms. The molecule has 0 aliphatic carbocycles. The van der Waals surface area contributed by atoms with Gasteiger partial charge in [-0.15, -0.1) is 0 Å². The summed E-state index contributed by atoms with van der Waals surface area (Å²) in [7, 11) is 0. The van der Waals surface area contributed by atoms with E-state index < -0.39 is 0 Å². The molecule has 0 fully saturated rings. The fraction of sp³-hybridized carbons (Fsp3) is 0.900. The van der Waals surface area contributed by atoms with Crippen molar-refractivity contribution in [2.75, 3.05) is 19.7 Å². The first-order valence-electron chi connectivity index (χ1n) is 4.97. The molecule has 4 nitrogen and oxygen atoms in total. The zero-order chi connectivity index (χ0) is 11.2. The van der Waals surface area contributed by atoms with Gasteiger partial charge in [0.2, 0.25) is 5.91 Å². The standard InChI is InChI=1S/C10H22N2O2/c1-8(7-13)5-11-9(14)6-12-10(2,3)4/h8,12-13H,5-7H2,1-4H3,(H,11,14). The highest BCUT2D eigenvalue weighted by molar-refractivity contribution is 5.78. The number of amides is 1. The summed E-state index contributed by atoms with van der Waals surface area (Å²) in [6.45, 7) is 8.87. The van der Waals surface area contributed by atoms with Crippen LogP contribution in [0.3, 0.4) is 0 Å². The molecule has 0 saturated heterocycles. The average molecular weight is 202 g/mol. The lowest BCUT2D eigenvalue weighted by Crippen LogP contribution is -2.44. The number of hydrogen-bond donors (Lipinski definition) is 3. The summed E-state index contributed by atoms with van der Waals surface area (Å²) in [5.74, 6) is 0.0915. The van der Waals surface area contributed by atoms with E-state index in [-0.39, 0.29) is 24.0 Å². The molecule has 0 aromatic rings. The molecule has 0 aromatic carbocycles. The summed E-state index contributed by atoms with van der Waals surface area (Å²) < 4.78 is 0. The molecule has 1 unspecified atom stereocenters. The Morgan fingerprint density at radius 1 is 1.43 bits per heavy atom. The molecule has 4 heteroatoms. The maximum Gasteiger partial charge on any atom is 0.233 e. The van der Waals surface area contributed by atoms with Crippen molar-refractivity contribution in [3.63, 3.8) is 0 Å². The van der Waals surface area contributed by atoms with Crippen LogP contribution in [-0.2, 0) is 4.79 Å². The first kappa shape index (κ1) is 13.4. The van der Waals surface area contributed by atoms with Gasteiger partial charge in [-0.05, 0) is 26.7 Å². The van der Waals surface area contributed by atoms with Crippen LogP contribution in [0.4, 0.5) is 0 Å². The van der Waals surface area contributed by atoms with Gasteiger partial charge in [-0.25, -0.2) is 0 Å². The Bertz CT molecular complexity index is 175. The van der Waals surface area contributed by atoms with Gasteiger partial charge in [-0.2, -0.15) is 0 Å². The zero-order valence-electron chi connectivity index (χ0n) is 9.55. The number of aliphatic hydroxyl groups excluding tert-OH is 1. The van der Waals surface area contributed by atoms with Crippen molar-refractivity contribution in [1.29, 1.82) is 0 Å². The van der Waals surface area contributed by atoms with Gasteiger partial charge in [-0.3, -0.25) is 4.79 Å². The summed E-state index contributed by atoms with van der Waals surface area (Å²) in [4.78, 5) is 11.3. The topological polar surface area (TPSA) is 61.4 Å². The predicted octanol–water partition coefficient (Wildman–Crippen LogP) is 0.119. The van der Waals surface area contributed by atoms with Crippen molar-refractivity contribution < 1.29 is 9.90 Å². The van der Waals surface area contributed by atoms with E-state index >= 15 is 0 Å². The quantitative estimate of drug-likeness (QED) is 0.593. The van der Waals surface area contributed by atoms with Gasteiger partial charge in [0.05, 0.1) is 6.54 Å². The maximum atomic E-state index is 11.3. The van der Waals surface area contributed by atoms with E-state index in [4.69, 9.17) is 5.11 Å². The molecule has 0 spiro atoms. The first-order chi connectivity index (χ1) is 6.35. The molecule has 1 atom stereocenters. The fourth-order valence-electron chi connectivity index (χ4n) is 0.761. The minimum absolute atomic E-state index is 0.0276. The molecular formula is C10H22N2O2. The molecule has 1 amide bonds. The molecule has 0 aliphatic heterocycles. The second-order valence-corrected chi connectivity index (χ2v) is 4.70. The second kappa shape index (κ2) is 5.98. The highest BCUT2D eigenvalue weighted by Crippen LogP contribution is 1.96. The van der Waals surface area contributed by atoms with E-state index in [0.29, 0.717) is 13.1 Å². The summed E-state index contributed by atoms with van der Waals surface area (Å²) in [5.41, 5.74) is -0.0417. The SMILES string of the molecule is CC(CO)CNC(=O)CNC(C)(C)C. The van der Waals surface area contributed by atoms with Gasteiger partial charge in [-0.1, -0.05) is 6.92 Å². The molecule has 84 valence electrons. The Kier molecular flexibility index (Phi) is 5.72. The van der Waals surface area contributed by atoms with E-state index in [2.05, 4.69) is 10.6 Å². The van der Waals surface area contributed by atoms with Crippen LogP contribution >= 0.6 is 0 Å². The number of hydrogen-bond acceptors (Lipinski definition) is 3. The third kappa shape index (κ3) is 8.01. The number of nitrogens with one attached hydrogen (secondary N) is 2. The third-order valence-electron chi connectivity index (χ3n) is 1.74. The van der Waals surface area contributed by atoms with Crippen molar-refractivity contribution in [2.45, 2.75) is 33.2 Å².